The van der Waals surface area contributed by atoms with Crippen molar-refractivity contribution in [3.05, 3.63) is 34.9 Å². The van der Waals surface area contributed by atoms with Gasteiger partial charge in [-0.05, 0) is 51.4 Å². The van der Waals surface area contributed by atoms with Crippen molar-refractivity contribution in [1.82, 2.24) is 20.0 Å². The number of rotatable bonds is 8. The number of piperidine rings is 1. The van der Waals surface area contributed by atoms with Gasteiger partial charge < -0.3 is 15.1 Å². The van der Waals surface area contributed by atoms with Crippen LogP contribution >= 0.6 is 0 Å². The first-order valence-corrected chi connectivity index (χ1v) is 11.7. The second kappa shape index (κ2) is 10.0. The number of nitrogens with zero attached hydrogens (tertiary/aromatic N) is 3. The largest absolute Gasteiger partial charge is 0.355 e. The van der Waals surface area contributed by atoms with Gasteiger partial charge in [0, 0.05) is 45.1 Å². The van der Waals surface area contributed by atoms with Gasteiger partial charge in [-0.3, -0.25) is 24.1 Å². The van der Waals surface area contributed by atoms with Crippen LogP contribution in [0.2, 0.25) is 0 Å². The average molecular weight is 457 g/mol. The van der Waals surface area contributed by atoms with E-state index < -0.39 is 0 Å². The minimum absolute atomic E-state index is 0.0153. The van der Waals surface area contributed by atoms with Crippen molar-refractivity contribution in [2.45, 2.75) is 40.0 Å². The molecule has 0 aromatic heterocycles. The fourth-order valence-electron chi connectivity index (χ4n) is 4.75. The van der Waals surface area contributed by atoms with Gasteiger partial charge in [0.2, 0.25) is 11.8 Å². The maximum Gasteiger partial charge on any atom is 0.261 e. The Morgan fingerprint density at radius 2 is 1.73 bits per heavy atom. The van der Waals surface area contributed by atoms with Gasteiger partial charge >= 0.3 is 0 Å². The molecule has 0 bridgehead atoms. The number of carbonyl (C=O) groups excluding carboxylic acids is 4. The summed E-state index contributed by atoms with van der Waals surface area (Å²) >= 11 is 0. The first-order valence-electron chi connectivity index (χ1n) is 11.7. The zero-order valence-corrected chi connectivity index (χ0v) is 20.4. The van der Waals surface area contributed by atoms with E-state index in [1.807, 2.05) is 27.1 Å². The van der Waals surface area contributed by atoms with Crippen LogP contribution in [0.25, 0.3) is 0 Å². The molecule has 8 nitrogen and oxygen atoms in total. The molecule has 1 aromatic rings. The van der Waals surface area contributed by atoms with Crippen molar-refractivity contribution >= 4 is 23.6 Å². The van der Waals surface area contributed by atoms with Gasteiger partial charge in [-0.15, -0.1) is 0 Å². The van der Waals surface area contributed by atoms with Crippen molar-refractivity contribution in [3.8, 4) is 0 Å². The Balaban J connectivity index is 1.44. The number of likely N-dealkylation sites (tertiary alicyclic amines) is 1. The summed E-state index contributed by atoms with van der Waals surface area (Å²) in [6.45, 7) is 8.73. The molecule has 1 aromatic carbocycles. The molecule has 2 aliphatic rings. The molecule has 1 fully saturated rings. The van der Waals surface area contributed by atoms with Crippen molar-refractivity contribution < 1.29 is 19.2 Å². The van der Waals surface area contributed by atoms with E-state index in [4.69, 9.17) is 0 Å². The van der Waals surface area contributed by atoms with Crippen LogP contribution in [0, 0.1) is 18.3 Å². The Labute approximate surface area is 196 Å². The smallest absolute Gasteiger partial charge is 0.261 e. The zero-order chi connectivity index (χ0) is 24.3. The summed E-state index contributed by atoms with van der Waals surface area (Å²) in [5, 5.41) is 3.08. The summed E-state index contributed by atoms with van der Waals surface area (Å²) in [4.78, 5) is 55.5. The number of nitrogens with one attached hydrogen (secondary N) is 1. The van der Waals surface area contributed by atoms with Crippen molar-refractivity contribution in [3.63, 3.8) is 0 Å². The molecule has 1 N–H and O–H groups in total. The topological polar surface area (TPSA) is 90.0 Å². The molecule has 0 radical (unpaired) electrons. The fourth-order valence-corrected chi connectivity index (χ4v) is 4.75. The van der Waals surface area contributed by atoms with E-state index in [-0.39, 0.29) is 47.9 Å². The lowest BCUT2D eigenvalue weighted by Gasteiger charge is -2.33. The minimum Gasteiger partial charge on any atom is -0.355 e. The summed E-state index contributed by atoms with van der Waals surface area (Å²) in [5.41, 5.74) is 1.71. The van der Waals surface area contributed by atoms with Crippen LogP contribution in [-0.4, -0.2) is 85.1 Å². The summed E-state index contributed by atoms with van der Waals surface area (Å²) in [7, 11) is 4.04. The monoisotopic (exact) mass is 456 g/mol. The molecule has 0 unspecified atom stereocenters. The molecule has 180 valence electrons. The van der Waals surface area contributed by atoms with E-state index >= 15 is 0 Å². The van der Waals surface area contributed by atoms with E-state index in [0.717, 1.165) is 17.0 Å². The average Bonchev–Trinajstić information content (AvgIpc) is 2.98. The second-order valence-electron chi connectivity index (χ2n) is 10.3. The Hall–Kier alpha value is -2.74. The highest BCUT2D eigenvalue weighted by molar-refractivity contribution is 6.21. The summed E-state index contributed by atoms with van der Waals surface area (Å²) in [6.07, 6.45) is 1.34. The lowest BCUT2D eigenvalue weighted by Crippen LogP contribution is -2.46. The maximum absolute atomic E-state index is 12.7. The predicted molar refractivity (Wildman–Crippen MR) is 126 cm³/mol. The van der Waals surface area contributed by atoms with E-state index in [9.17, 15) is 19.2 Å². The Morgan fingerprint density at radius 1 is 1.09 bits per heavy atom. The first kappa shape index (κ1) is 24.9. The molecule has 33 heavy (non-hydrogen) atoms. The number of aryl methyl sites for hydroxylation is 1. The van der Waals surface area contributed by atoms with Crippen LogP contribution < -0.4 is 5.32 Å². The number of benzene rings is 1. The predicted octanol–water partition coefficient (Wildman–Crippen LogP) is 1.92. The van der Waals surface area contributed by atoms with Gasteiger partial charge in [-0.25, -0.2) is 0 Å². The highest BCUT2D eigenvalue weighted by atomic mass is 16.2. The number of imide groups is 1. The van der Waals surface area contributed by atoms with Gasteiger partial charge in [0.1, 0.15) is 0 Å². The first-order chi connectivity index (χ1) is 15.5. The Kier molecular flexibility index (Phi) is 7.57. The van der Waals surface area contributed by atoms with Gasteiger partial charge in [0.25, 0.3) is 11.8 Å². The number of carbonyl (C=O) groups is 4. The van der Waals surface area contributed by atoms with E-state index in [0.29, 0.717) is 43.6 Å². The molecular formula is C25H36N4O4. The molecule has 0 aliphatic carbocycles. The fraction of sp³-hybridized carbons (Fsp3) is 0.600. The standard InChI is InChI=1S/C25H36N4O4/c1-17-6-7-19-20(14-17)24(33)29(23(19)32)13-10-21(30)28-11-8-18(9-12-28)22(31)26-15-25(2,3)16-27(4)5/h6-7,14,18H,8-13,15-16H2,1-5H3,(H,26,31). The normalized spacial score (nSPS) is 17.0. The lowest BCUT2D eigenvalue weighted by molar-refractivity contribution is -0.135. The highest BCUT2D eigenvalue weighted by Crippen LogP contribution is 2.25. The van der Waals surface area contributed by atoms with E-state index in [1.54, 1.807) is 17.0 Å². The van der Waals surface area contributed by atoms with Crippen LogP contribution in [0.4, 0.5) is 0 Å². The molecule has 0 spiro atoms. The molecule has 8 heteroatoms. The number of hydrogen-bond acceptors (Lipinski definition) is 5. The number of hydrogen-bond donors (Lipinski definition) is 1. The molecule has 2 heterocycles. The molecule has 2 aliphatic heterocycles. The zero-order valence-electron chi connectivity index (χ0n) is 20.4. The van der Waals surface area contributed by atoms with Crippen LogP contribution in [0.1, 0.15) is 59.4 Å². The quantitative estimate of drug-likeness (QED) is 0.604. The lowest BCUT2D eigenvalue weighted by atomic mass is 9.91. The summed E-state index contributed by atoms with van der Waals surface area (Å²) in [6, 6.07) is 5.20. The summed E-state index contributed by atoms with van der Waals surface area (Å²) in [5.74, 6) is -0.804. The number of fused-ring (bicyclic) bond motifs is 1. The van der Waals surface area contributed by atoms with Gasteiger partial charge in [0.05, 0.1) is 11.1 Å². The van der Waals surface area contributed by atoms with Crippen LogP contribution in [-0.2, 0) is 9.59 Å². The van der Waals surface area contributed by atoms with Crippen molar-refractivity contribution in [2.24, 2.45) is 11.3 Å². The Morgan fingerprint density at radius 3 is 2.36 bits per heavy atom. The van der Waals surface area contributed by atoms with E-state index in [2.05, 4.69) is 24.1 Å². The molecular weight excluding hydrogens is 420 g/mol. The summed E-state index contributed by atoms with van der Waals surface area (Å²) < 4.78 is 0. The third kappa shape index (κ3) is 5.99. The molecule has 3 rings (SSSR count). The molecule has 0 saturated carbocycles. The maximum atomic E-state index is 12.7. The van der Waals surface area contributed by atoms with E-state index in [1.165, 1.54) is 0 Å². The van der Waals surface area contributed by atoms with Gasteiger partial charge in [0.15, 0.2) is 0 Å². The van der Waals surface area contributed by atoms with Crippen molar-refractivity contribution in [1.29, 1.82) is 0 Å². The SMILES string of the molecule is Cc1ccc2c(c1)C(=O)N(CCC(=O)N1CCC(C(=O)NCC(C)(C)CN(C)C)CC1)C2=O. The third-order valence-electron chi connectivity index (χ3n) is 6.38. The van der Waals surface area contributed by atoms with Crippen molar-refractivity contribution in [2.75, 3.05) is 46.8 Å². The molecule has 1 saturated heterocycles. The minimum atomic E-state index is -0.338. The highest BCUT2D eigenvalue weighted by Gasteiger charge is 2.36. The van der Waals surface area contributed by atoms with Crippen LogP contribution in [0.5, 0.6) is 0 Å². The number of amides is 4. The third-order valence-corrected chi connectivity index (χ3v) is 6.38. The van der Waals surface area contributed by atoms with Gasteiger partial charge in [-0.2, -0.15) is 0 Å². The van der Waals surface area contributed by atoms with Gasteiger partial charge in [-0.1, -0.05) is 25.5 Å². The second-order valence-corrected chi connectivity index (χ2v) is 10.3. The van der Waals surface area contributed by atoms with Crippen LogP contribution in [0.15, 0.2) is 18.2 Å². The van der Waals surface area contributed by atoms with Crippen LogP contribution in [0.3, 0.4) is 0 Å². The Bertz CT molecular complexity index is 932. The molecule has 0 atom stereocenters. The molecule has 4 amide bonds.